The molecule has 1 aromatic carbocycles. The van der Waals surface area contributed by atoms with E-state index in [4.69, 9.17) is 0 Å². The molecule has 1 aliphatic rings. The molecular formula is C19H24N2O. The number of carbonyl (C=O) groups excluding carboxylic acids is 1. The Morgan fingerprint density at radius 1 is 1.27 bits per heavy atom. The van der Waals surface area contributed by atoms with Gasteiger partial charge in [0.05, 0.1) is 5.52 Å². The van der Waals surface area contributed by atoms with Gasteiger partial charge in [-0.2, -0.15) is 0 Å². The summed E-state index contributed by atoms with van der Waals surface area (Å²) in [5.74, 6) is 0.0769. The van der Waals surface area contributed by atoms with E-state index >= 15 is 0 Å². The molecule has 1 aliphatic heterocycles. The van der Waals surface area contributed by atoms with E-state index in [1.807, 2.05) is 41.3 Å². The van der Waals surface area contributed by atoms with Crippen LogP contribution in [0.2, 0.25) is 0 Å². The fraction of sp³-hybridized carbons (Fsp3) is 0.474. The predicted octanol–water partition coefficient (Wildman–Crippen LogP) is 4.28. The lowest BCUT2D eigenvalue weighted by Gasteiger charge is -2.43. The van der Waals surface area contributed by atoms with Crippen molar-refractivity contribution < 1.29 is 4.79 Å². The van der Waals surface area contributed by atoms with Crippen molar-refractivity contribution in [2.45, 2.75) is 46.1 Å². The van der Waals surface area contributed by atoms with Gasteiger partial charge in [0.1, 0.15) is 5.69 Å². The molecule has 2 heterocycles. The van der Waals surface area contributed by atoms with E-state index in [0.717, 1.165) is 36.7 Å². The molecule has 1 aromatic heterocycles. The maximum absolute atomic E-state index is 12.9. The van der Waals surface area contributed by atoms with Crippen molar-refractivity contribution in [1.29, 1.82) is 0 Å². The molecule has 1 amide bonds. The number of hydrogen-bond acceptors (Lipinski definition) is 2. The highest BCUT2D eigenvalue weighted by atomic mass is 16.2. The molecule has 22 heavy (non-hydrogen) atoms. The standard InChI is InChI=1S/C19H24N2O/c1-4-15-13-19(2,3)11-12-21(15)18(22)17-10-9-14-7-5-6-8-16(14)20-17/h5-10,15H,4,11-13H2,1-3H3. The molecular weight excluding hydrogens is 272 g/mol. The van der Waals surface area contributed by atoms with Crippen molar-refractivity contribution in [3.05, 3.63) is 42.1 Å². The van der Waals surface area contributed by atoms with E-state index in [0.29, 0.717) is 17.2 Å². The van der Waals surface area contributed by atoms with Crippen molar-refractivity contribution >= 4 is 16.8 Å². The third-order valence-corrected chi connectivity index (χ3v) is 4.81. The molecule has 2 aromatic rings. The van der Waals surface area contributed by atoms with E-state index in [-0.39, 0.29) is 5.91 Å². The van der Waals surface area contributed by atoms with Crippen LogP contribution in [0.1, 0.15) is 50.5 Å². The Labute approximate surface area is 132 Å². The van der Waals surface area contributed by atoms with Gasteiger partial charge in [-0.05, 0) is 36.8 Å². The number of benzene rings is 1. The molecule has 1 unspecified atom stereocenters. The van der Waals surface area contributed by atoms with Gasteiger partial charge in [-0.3, -0.25) is 4.79 Å². The highest BCUT2D eigenvalue weighted by Crippen LogP contribution is 2.35. The summed E-state index contributed by atoms with van der Waals surface area (Å²) in [6.07, 6.45) is 3.13. The number of rotatable bonds is 2. The first-order chi connectivity index (χ1) is 10.5. The van der Waals surface area contributed by atoms with Gasteiger partial charge in [-0.1, -0.05) is 45.0 Å². The highest BCUT2D eigenvalue weighted by Gasteiger charge is 2.35. The van der Waals surface area contributed by atoms with E-state index in [1.165, 1.54) is 0 Å². The molecule has 1 atom stereocenters. The number of fused-ring (bicyclic) bond motifs is 1. The first-order valence-corrected chi connectivity index (χ1v) is 8.17. The van der Waals surface area contributed by atoms with Gasteiger partial charge in [-0.25, -0.2) is 4.98 Å². The Bertz CT molecular complexity index is 693. The Kier molecular flexibility index (Phi) is 3.90. The van der Waals surface area contributed by atoms with Gasteiger partial charge in [0, 0.05) is 18.0 Å². The molecule has 0 N–H and O–H groups in total. The fourth-order valence-corrected chi connectivity index (χ4v) is 3.42. The minimum Gasteiger partial charge on any atom is -0.334 e. The van der Waals surface area contributed by atoms with Gasteiger partial charge >= 0.3 is 0 Å². The molecule has 1 fully saturated rings. The number of hydrogen-bond donors (Lipinski definition) is 0. The first-order valence-electron chi connectivity index (χ1n) is 8.17. The normalized spacial score (nSPS) is 21.0. The summed E-state index contributed by atoms with van der Waals surface area (Å²) in [6, 6.07) is 12.1. The summed E-state index contributed by atoms with van der Waals surface area (Å²) in [5.41, 5.74) is 1.78. The molecule has 3 rings (SSSR count). The second-order valence-corrected chi connectivity index (χ2v) is 7.07. The third kappa shape index (κ3) is 2.85. The van der Waals surface area contributed by atoms with Crippen molar-refractivity contribution in [1.82, 2.24) is 9.88 Å². The Hall–Kier alpha value is -1.90. The SMILES string of the molecule is CCC1CC(C)(C)CCN1C(=O)c1ccc2ccccc2n1. The van der Waals surface area contributed by atoms with E-state index in [9.17, 15) is 4.79 Å². The van der Waals surface area contributed by atoms with Crippen LogP contribution in [-0.4, -0.2) is 28.4 Å². The Morgan fingerprint density at radius 2 is 2.05 bits per heavy atom. The molecule has 0 saturated carbocycles. The maximum Gasteiger partial charge on any atom is 0.272 e. The zero-order valence-electron chi connectivity index (χ0n) is 13.7. The number of para-hydroxylation sites is 1. The summed E-state index contributed by atoms with van der Waals surface area (Å²) in [4.78, 5) is 19.5. The van der Waals surface area contributed by atoms with Gasteiger partial charge < -0.3 is 4.90 Å². The smallest absolute Gasteiger partial charge is 0.272 e. The maximum atomic E-state index is 12.9. The Balaban J connectivity index is 1.88. The minimum atomic E-state index is 0.0769. The number of aromatic nitrogens is 1. The fourth-order valence-electron chi connectivity index (χ4n) is 3.42. The molecule has 0 aliphatic carbocycles. The molecule has 0 bridgehead atoms. The number of carbonyl (C=O) groups is 1. The topological polar surface area (TPSA) is 33.2 Å². The van der Waals surface area contributed by atoms with Crippen LogP contribution in [0.15, 0.2) is 36.4 Å². The lowest BCUT2D eigenvalue weighted by Crippen LogP contribution is -2.48. The third-order valence-electron chi connectivity index (χ3n) is 4.81. The average molecular weight is 296 g/mol. The minimum absolute atomic E-state index is 0.0769. The molecule has 116 valence electrons. The van der Waals surface area contributed by atoms with Crippen LogP contribution >= 0.6 is 0 Å². The molecule has 0 spiro atoms. The number of pyridine rings is 1. The van der Waals surface area contributed by atoms with Crippen LogP contribution in [0, 0.1) is 5.41 Å². The summed E-state index contributed by atoms with van der Waals surface area (Å²) < 4.78 is 0. The molecule has 3 heteroatoms. The van der Waals surface area contributed by atoms with E-state index < -0.39 is 0 Å². The number of amides is 1. The van der Waals surface area contributed by atoms with Gasteiger partial charge in [-0.15, -0.1) is 0 Å². The van der Waals surface area contributed by atoms with E-state index in [1.54, 1.807) is 0 Å². The monoisotopic (exact) mass is 296 g/mol. The summed E-state index contributed by atoms with van der Waals surface area (Å²) in [5, 5.41) is 1.07. The van der Waals surface area contributed by atoms with Crippen molar-refractivity contribution in [2.24, 2.45) is 5.41 Å². The van der Waals surface area contributed by atoms with Crippen molar-refractivity contribution in [3.8, 4) is 0 Å². The lowest BCUT2D eigenvalue weighted by molar-refractivity contribution is 0.0422. The highest BCUT2D eigenvalue weighted by molar-refractivity contribution is 5.95. The number of nitrogens with zero attached hydrogens (tertiary/aromatic N) is 2. The van der Waals surface area contributed by atoms with Crippen molar-refractivity contribution in [2.75, 3.05) is 6.54 Å². The second kappa shape index (κ2) is 5.71. The Morgan fingerprint density at radius 3 is 2.82 bits per heavy atom. The van der Waals surface area contributed by atoms with Gasteiger partial charge in [0.15, 0.2) is 0 Å². The number of likely N-dealkylation sites (tertiary alicyclic amines) is 1. The van der Waals surface area contributed by atoms with Gasteiger partial charge in [0.25, 0.3) is 5.91 Å². The number of piperidine rings is 1. The molecule has 0 radical (unpaired) electrons. The molecule has 3 nitrogen and oxygen atoms in total. The summed E-state index contributed by atoms with van der Waals surface area (Å²) in [7, 11) is 0. The zero-order chi connectivity index (χ0) is 15.7. The zero-order valence-corrected chi connectivity index (χ0v) is 13.7. The van der Waals surface area contributed by atoms with Crippen LogP contribution in [0.5, 0.6) is 0 Å². The summed E-state index contributed by atoms with van der Waals surface area (Å²) >= 11 is 0. The van der Waals surface area contributed by atoms with E-state index in [2.05, 4.69) is 25.8 Å². The second-order valence-electron chi connectivity index (χ2n) is 7.07. The van der Waals surface area contributed by atoms with Gasteiger partial charge in [0.2, 0.25) is 0 Å². The van der Waals surface area contributed by atoms with Crippen LogP contribution in [0.3, 0.4) is 0 Å². The van der Waals surface area contributed by atoms with Crippen LogP contribution in [0.4, 0.5) is 0 Å². The van der Waals surface area contributed by atoms with Crippen LogP contribution in [-0.2, 0) is 0 Å². The van der Waals surface area contributed by atoms with Crippen LogP contribution < -0.4 is 0 Å². The van der Waals surface area contributed by atoms with Crippen molar-refractivity contribution in [3.63, 3.8) is 0 Å². The van der Waals surface area contributed by atoms with Crippen LogP contribution in [0.25, 0.3) is 10.9 Å². The quantitative estimate of drug-likeness (QED) is 0.829. The predicted molar refractivity (Wildman–Crippen MR) is 89.9 cm³/mol. The lowest BCUT2D eigenvalue weighted by atomic mass is 9.78. The average Bonchev–Trinajstić information content (AvgIpc) is 2.53. The summed E-state index contributed by atoms with van der Waals surface area (Å²) in [6.45, 7) is 7.59. The first kappa shape index (κ1) is 15.0. The molecule has 1 saturated heterocycles. The largest absolute Gasteiger partial charge is 0.334 e.